The third kappa shape index (κ3) is 8.32. The van der Waals surface area contributed by atoms with Crippen LogP contribution in [-0.4, -0.2) is 65.4 Å². The molecule has 2 rings (SSSR count). The summed E-state index contributed by atoms with van der Waals surface area (Å²) in [4.78, 5) is 53.1. The average molecular weight is 475 g/mol. The van der Waals surface area contributed by atoms with E-state index >= 15 is 0 Å². The van der Waals surface area contributed by atoms with Crippen molar-refractivity contribution in [3.05, 3.63) is 42.1 Å². The molecule has 184 valence electrons. The first-order valence-electron chi connectivity index (χ1n) is 10.6. The van der Waals surface area contributed by atoms with Crippen molar-refractivity contribution in [1.82, 2.24) is 20.9 Å². The fourth-order valence-corrected chi connectivity index (χ4v) is 3.07. The lowest BCUT2D eigenvalue weighted by Gasteiger charge is -2.24. The molecule has 1 aromatic heterocycles. The number of nitrogens with zero attached hydrogens (tertiary/aromatic N) is 1. The number of ether oxygens (including phenoxy) is 2. The van der Waals surface area contributed by atoms with Gasteiger partial charge in [-0.05, 0) is 32.4 Å². The van der Waals surface area contributed by atoms with Crippen molar-refractivity contribution in [3.63, 3.8) is 0 Å². The molecule has 0 fully saturated rings. The molecule has 1 heterocycles. The monoisotopic (exact) mass is 474 g/mol. The van der Waals surface area contributed by atoms with Crippen LogP contribution in [0.15, 0.2) is 36.5 Å². The predicted octanol–water partition coefficient (Wildman–Crippen LogP) is 1.35. The number of carboxylic acid groups (broad SMARTS) is 1. The Hall–Kier alpha value is -3.73. The quantitative estimate of drug-likeness (QED) is 0.402. The smallest absolute Gasteiger partial charge is 0.408 e. The van der Waals surface area contributed by atoms with Crippen LogP contribution in [-0.2, 0) is 30.4 Å². The molecule has 3 amide bonds. The molecule has 11 nitrogen and oxygen atoms in total. The molecule has 0 aliphatic rings. The third-order valence-electron chi connectivity index (χ3n) is 4.52. The second-order valence-electron chi connectivity index (χ2n) is 8.52. The maximum atomic E-state index is 12.8. The van der Waals surface area contributed by atoms with Crippen LogP contribution < -0.4 is 16.0 Å². The van der Waals surface area contributed by atoms with Gasteiger partial charge in [-0.25, -0.2) is 4.79 Å². The number of carbonyl (C=O) groups is 4. The van der Waals surface area contributed by atoms with Crippen LogP contribution in [0.3, 0.4) is 0 Å². The number of aromatic nitrogens is 1. The minimum atomic E-state index is -1.46. The molecule has 0 saturated heterocycles. The predicted molar refractivity (Wildman–Crippen MR) is 123 cm³/mol. The molecule has 0 bridgehead atoms. The summed E-state index contributed by atoms with van der Waals surface area (Å²) >= 11 is 0. The lowest BCUT2D eigenvalue weighted by atomic mass is 10.1. The van der Waals surface area contributed by atoms with Crippen LogP contribution in [0.2, 0.25) is 0 Å². The molecule has 0 unspecified atom stereocenters. The number of carboxylic acids is 1. The normalized spacial score (nSPS) is 12.9. The van der Waals surface area contributed by atoms with Gasteiger partial charge in [-0.3, -0.25) is 19.4 Å². The van der Waals surface area contributed by atoms with Crippen LogP contribution in [0.25, 0.3) is 10.9 Å². The number of amides is 3. The highest BCUT2D eigenvalue weighted by Gasteiger charge is 2.30. The number of carbonyl (C=O) groups excluding carboxylic acids is 3. The molecule has 2 aromatic rings. The van der Waals surface area contributed by atoms with Gasteiger partial charge in [-0.1, -0.05) is 24.3 Å². The van der Waals surface area contributed by atoms with Crippen molar-refractivity contribution in [2.75, 3.05) is 13.7 Å². The maximum Gasteiger partial charge on any atom is 0.408 e. The van der Waals surface area contributed by atoms with Crippen molar-refractivity contribution < 1.29 is 33.8 Å². The molecule has 34 heavy (non-hydrogen) atoms. The molecule has 4 N–H and O–H groups in total. The van der Waals surface area contributed by atoms with E-state index in [1.807, 2.05) is 30.3 Å². The fourth-order valence-electron chi connectivity index (χ4n) is 3.07. The number of nitrogens with one attached hydrogen (secondary N) is 3. The number of pyridine rings is 1. The molecule has 2 atom stereocenters. The summed E-state index contributed by atoms with van der Waals surface area (Å²) in [6.07, 6.45) is 0.000688. The van der Waals surface area contributed by atoms with Gasteiger partial charge in [0.2, 0.25) is 11.8 Å². The highest BCUT2D eigenvalue weighted by Crippen LogP contribution is 2.15. The number of methoxy groups -OCH3 is 1. The van der Waals surface area contributed by atoms with Gasteiger partial charge < -0.3 is 30.5 Å². The van der Waals surface area contributed by atoms with Crippen molar-refractivity contribution in [2.45, 2.75) is 51.4 Å². The first kappa shape index (κ1) is 26.5. The molecule has 0 aliphatic heterocycles. The fraction of sp³-hybridized carbons (Fsp3) is 0.435. The second kappa shape index (κ2) is 11.9. The summed E-state index contributed by atoms with van der Waals surface area (Å²) in [6, 6.07) is 6.71. The van der Waals surface area contributed by atoms with Gasteiger partial charge in [-0.2, -0.15) is 0 Å². The second-order valence-corrected chi connectivity index (χ2v) is 8.52. The van der Waals surface area contributed by atoms with E-state index in [2.05, 4.69) is 20.9 Å². The Balaban J connectivity index is 2.07. The number of alkyl carbamates (subject to hydrolysis) is 1. The summed E-state index contributed by atoms with van der Waals surface area (Å²) in [7, 11) is 1.36. The maximum absolute atomic E-state index is 12.8. The van der Waals surface area contributed by atoms with Gasteiger partial charge in [-0.15, -0.1) is 0 Å². The summed E-state index contributed by atoms with van der Waals surface area (Å²) in [6.45, 7) is 4.87. The summed E-state index contributed by atoms with van der Waals surface area (Å²) in [5, 5.41) is 17.5. The van der Waals surface area contributed by atoms with E-state index in [0.29, 0.717) is 0 Å². The Morgan fingerprint density at radius 2 is 1.74 bits per heavy atom. The van der Waals surface area contributed by atoms with Crippen molar-refractivity contribution in [3.8, 4) is 0 Å². The van der Waals surface area contributed by atoms with Gasteiger partial charge in [0.1, 0.15) is 17.7 Å². The van der Waals surface area contributed by atoms with E-state index in [9.17, 15) is 19.2 Å². The van der Waals surface area contributed by atoms with Crippen LogP contribution in [0, 0.1) is 0 Å². The van der Waals surface area contributed by atoms with E-state index in [4.69, 9.17) is 14.6 Å². The van der Waals surface area contributed by atoms with Gasteiger partial charge in [0, 0.05) is 25.2 Å². The van der Waals surface area contributed by atoms with Gasteiger partial charge in [0.05, 0.1) is 18.5 Å². The summed E-state index contributed by atoms with van der Waals surface area (Å²) in [5.74, 6) is -2.72. The van der Waals surface area contributed by atoms with E-state index in [1.54, 1.807) is 27.0 Å². The van der Waals surface area contributed by atoms with Crippen molar-refractivity contribution >= 4 is 34.8 Å². The number of hydrogen-bond donors (Lipinski definition) is 4. The topological polar surface area (TPSA) is 156 Å². The average Bonchev–Trinajstić information content (AvgIpc) is 2.75. The van der Waals surface area contributed by atoms with Gasteiger partial charge >= 0.3 is 12.1 Å². The Morgan fingerprint density at radius 3 is 2.38 bits per heavy atom. The molecule has 0 radical (unpaired) electrons. The Kier molecular flexibility index (Phi) is 9.31. The Morgan fingerprint density at radius 1 is 1.03 bits per heavy atom. The molecule has 0 saturated carbocycles. The first-order chi connectivity index (χ1) is 16.0. The number of benzene rings is 1. The molecule has 0 spiro atoms. The van der Waals surface area contributed by atoms with E-state index in [0.717, 1.165) is 16.5 Å². The minimum absolute atomic E-state index is 0.151. The highest BCUT2D eigenvalue weighted by molar-refractivity contribution is 5.93. The zero-order chi connectivity index (χ0) is 25.3. The van der Waals surface area contributed by atoms with Crippen LogP contribution in [0.1, 0.15) is 32.8 Å². The van der Waals surface area contributed by atoms with E-state index in [1.165, 1.54) is 7.11 Å². The summed E-state index contributed by atoms with van der Waals surface area (Å²) in [5.41, 5.74) is 0.675. The number of fused-ring (bicyclic) bond motifs is 1. The van der Waals surface area contributed by atoms with Crippen molar-refractivity contribution in [2.24, 2.45) is 0 Å². The number of hydrogen-bond acceptors (Lipinski definition) is 7. The standard InChI is InChI=1S/C23H30N4O7/c1-23(2,3)34-22(32)27-16(11-18(28)29)21(31)26-17(13-33-4)20(30)25-12-15-8-5-7-14-9-6-10-24-19(14)15/h5-10,16-17H,11-13H2,1-4H3,(H,25,30)(H,26,31)(H,27,32)(H,28,29)/t16-,17-/m0/s1. The van der Waals surface area contributed by atoms with E-state index in [-0.39, 0.29) is 13.2 Å². The molecule has 11 heteroatoms. The molecule has 1 aromatic carbocycles. The zero-order valence-corrected chi connectivity index (χ0v) is 19.6. The largest absolute Gasteiger partial charge is 0.481 e. The van der Waals surface area contributed by atoms with E-state index < -0.39 is 48.0 Å². The van der Waals surface area contributed by atoms with Crippen LogP contribution in [0.5, 0.6) is 0 Å². The van der Waals surface area contributed by atoms with Crippen LogP contribution >= 0.6 is 0 Å². The first-order valence-corrected chi connectivity index (χ1v) is 10.6. The lowest BCUT2D eigenvalue weighted by molar-refractivity contribution is -0.140. The molecular formula is C23H30N4O7. The highest BCUT2D eigenvalue weighted by atomic mass is 16.6. The third-order valence-corrected chi connectivity index (χ3v) is 4.52. The molecule has 0 aliphatic carbocycles. The lowest BCUT2D eigenvalue weighted by Crippen LogP contribution is -2.56. The Labute approximate surface area is 197 Å². The minimum Gasteiger partial charge on any atom is -0.481 e. The van der Waals surface area contributed by atoms with Gasteiger partial charge in [0.25, 0.3) is 0 Å². The zero-order valence-electron chi connectivity index (χ0n) is 19.6. The van der Waals surface area contributed by atoms with Crippen LogP contribution in [0.4, 0.5) is 4.79 Å². The van der Waals surface area contributed by atoms with Gasteiger partial charge in [0.15, 0.2) is 0 Å². The molecular weight excluding hydrogens is 444 g/mol. The number of aliphatic carboxylic acids is 1. The number of para-hydroxylation sites is 1. The number of rotatable bonds is 10. The SMILES string of the molecule is COC[C@H](NC(=O)[C@H](CC(=O)O)NC(=O)OC(C)(C)C)C(=O)NCc1cccc2cccnc12. The van der Waals surface area contributed by atoms with Crippen molar-refractivity contribution in [1.29, 1.82) is 0 Å². The summed E-state index contributed by atoms with van der Waals surface area (Å²) < 4.78 is 10.1. The Bertz CT molecular complexity index is 1030.